The summed E-state index contributed by atoms with van der Waals surface area (Å²) in [7, 11) is 0. The van der Waals surface area contributed by atoms with Gasteiger partial charge in [0.05, 0.1) is 35.5 Å². The quantitative estimate of drug-likeness (QED) is 0.277. The number of nitrogens with one attached hydrogen (secondary N) is 1. The molecule has 0 saturated carbocycles. The van der Waals surface area contributed by atoms with Gasteiger partial charge in [0.1, 0.15) is 17.3 Å². The lowest BCUT2D eigenvalue weighted by Gasteiger charge is -2.19. The van der Waals surface area contributed by atoms with E-state index >= 15 is 0 Å². The second-order valence-corrected chi connectivity index (χ2v) is 6.24. The molecule has 4 unspecified atom stereocenters. The normalized spacial score (nSPS) is 31.5. The van der Waals surface area contributed by atoms with E-state index < -0.39 is 30.1 Å². The Kier molecular flexibility index (Phi) is 2.76. The Hall–Kier alpha value is -2.66. The van der Waals surface area contributed by atoms with Crippen molar-refractivity contribution in [2.24, 2.45) is 22.9 Å². The van der Waals surface area contributed by atoms with E-state index in [1.807, 2.05) is 0 Å². The zero-order valence-corrected chi connectivity index (χ0v) is 12.7. The van der Waals surface area contributed by atoms with Gasteiger partial charge in [-0.3, -0.25) is 0 Å². The Morgan fingerprint density at radius 1 is 0.792 bits per heavy atom. The first-order chi connectivity index (χ1) is 11.3. The van der Waals surface area contributed by atoms with E-state index in [9.17, 15) is 5.11 Å². The molecule has 24 heavy (non-hydrogen) atoms. The second kappa shape index (κ2) is 4.45. The minimum atomic E-state index is -0.635. The van der Waals surface area contributed by atoms with Crippen molar-refractivity contribution in [3.8, 4) is 5.95 Å². The largest absolute Gasteiger partial charge is 0.479 e. The zero-order chi connectivity index (χ0) is 17.5. The number of aromatic nitrogens is 1. The van der Waals surface area contributed by atoms with Crippen LogP contribution in [0.1, 0.15) is 34.7 Å². The van der Waals surface area contributed by atoms with Crippen molar-refractivity contribution < 1.29 is 9.52 Å². The summed E-state index contributed by atoms with van der Waals surface area (Å²) in [6, 6.07) is -2.39. The molecule has 2 aliphatic rings. The highest BCUT2D eigenvalue weighted by Crippen LogP contribution is 2.53. The minimum Gasteiger partial charge on any atom is -0.479 e. The smallest absolute Gasteiger partial charge is 0.306 e. The highest BCUT2D eigenvalue weighted by molar-refractivity contribution is 6.02. The van der Waals surface area contributed by atoms with E-state index in [4.69, 9.17) is 44.6 Å². The predicted octanol–water partition coefficient (Wildman–Crippen LogP) is -1.35. The first-order valence-electron chi connectivity index (χ1n) is 7.40. The maximum atomic E-state index is 9.80. The van der Waals surface area contributed by atoms with Crippen molar-refractivity contribution in [3.05, 3.63) is 22.6 Å². The Morgan fingerprint density at radius 3 is 2.04 bits per heavy atom. The van der Waals surface area contributed by atoms with E-state index in [2.05, 4.69) is 4.98 Å². The number of H-pyrrole nitrogens is 1. The lowest BCUT2D eigenvalue weighted by molar-refractivity contribution is 0.331. The van der Waals surface area contributed by atoms with Gasteiger partial charge in [-0.2, -0.15) is 0 Å². The van der Waals surface area contributed by atoms with Crippen molar-refractivity contribution in [1.29, 1.82) is 0 Å². The number of rotatable bonds is 0. The van der Waals surface area contributed by atoms with Gasteiger partial charge in [0.25, 0.3) is 0 Å². The molecule has 4 atom stereocenters. The third-order valence-electron chi connectivity index (χ3n) is 4.98. The van der Waals surface area contributed by atoms with Crippen LogP contribution < -0.4 is 40.1 Å². The summed E-state index contributed by atoms with van der Waals surface area (Å²) in [6.45, 7) is 0. The Balaban J connectivity index is 2.05. The summed E-state index contributed by atoms with van der Waals surface area (Å²) in [5, 5.41) is 9.80. The van der Waals surface area contributed by atoms with Crippen LogP contribution >= 0.6 is 0 Å². The number of hydrogen-bond donors (Lipinski definition) is 9. The molecule has 16 N–H and O–H groups in total. The van der Waals surface area contributed by atoms with Gasteiger partial charge in [0.15, 0.2) is 0 Å². The lowest BCUT2D eigenvalue weighted by atomic mass is 9.97. The molecule has 2 aromatic rings. The lowest BCUT2D eigenvalue weighted by Crippen LogP contribution is -2.34. The van der Waals surface area contributed by atoms with Gasteiger partial charge in [0.2, 0.25) is 0 Å². The van der Waals surface area contributed by atoms with Crippen molar-refractivity contribution in [3.63, 3.8) is 0 Å². The summed E-state index contributed by atoms with van der Waals surface area (Å²) in [5.74, 6) is 0.225. The van der Waals surface area contributed by atoms with Crippen LogP contribution in [0.5, 0.6) is 5.95 Å². The maximum Gasteiger partial charge on any atom is 0.306 e. The van der Waals surface area contributed by atoms with Crippen LogP contribution in [-0.4, -0.2) is 22.2 Å². The van der Waals surface area contributed by atoms with Gasteiger partial charge in [-0.05, 0) is 0 Å². The molecule has 0 saturated heterocycles. The summed E-state index contributed by atoms with van der Waals surface area (Å²) >= 11 is 0. The van der Waals surface area contributed by atoms with Gasteiger partial charge in [-0.15, -0.1) is 0 Å². The van der Waals surface area contributed by atoms with E-state index in [0.29, 0.717) is 45.2 Å². The van der Waals surface area contributed by atoms with Crippen LogP contribution in [-0.2, 0) is 0 Å². The number of nitrogen functional groups attached to an aromatic ring is 3. The highest BCUT2D eigenvalue weighted by Gasteiger charge is 2.46. The number of anilines is 3. The predicted molar refractivity (Wildman–Crippen MR) is 91.0 cm³/mol. The molecular weight excluding hydrogens is 312 g/mol. The Bertz CT molecular complexity index is 823. The number of aromatic amines is 1. The summed E-state index contributed by atoms with van der Waals surface area (Å²) in [5.41, 5.74) is 46.0. The molecule has 4 rings (SSSR count). The molecule has 0 aromatic carbocycles. The average molecular weight is 332 g/mol. The monoisotopic (exact) mass is 332 g/mol. The maximum absolute atomic E-state index is 9.80. The Labute approximate surface area is 136 Å². The van der Waals surface area contributed by atoms with Gasteiger partial charge in [-0.1, -0.05) is 0 Å². The van der Waals surface area contributed by atoms with E-state index in [-0.39, 0.29) is 5.69 Å². The number of aromatic hydroxyl groups is 1. The topological polar surface area (TPSA) is 231 Å². The summed E-state index contributed by atoms with van der Waals surface area (Å²) in [6.07, 6.45) is 0. The van der Waals surface area contributed by atoms with E-state index in [1.165, 1.54) is 0 Å². The molecule has 2 aromatic heterocycles. The molecule has 0 aliphatic heterocycles. The molecular formula is C14H20N8O2. The van der Waals surface area contributed by atoms with Crippen molar-refractivity contribution in [2.75, 3.05) is 17.2 Å². The van der Waals surface area contributed by atoms with Gasteiger partial charge < -0.3 is 54.6 Å². The standard InChI is InChI=1S/C14H20N8O2/c15-5-1(11-3(7(5)17)9(19)13(21)22-11)2-6(16)8(18)4-10(20)14(23)24-12(2)4/h5-8,22-23H,15-21H2/b2-1+. The first kappa shape index (κ1) is 14.9. The molecule has 2 heterocycles. The fourth-order valence-electron chi connectivity index (χ4n) is 3.74. The Morgan fingerprint density at radius 2 is 1.38 bits per heavy atom. The van der Waals surface area contributed by atoms with Crippen molar-refractivity contribution in [1.82, 2.24) is 4.98 Å². The third-order valence-corrected chi connectivity index (χ3v) is 4.98. The molecule has 2 aliphatic carbocycles. The van der Waals surface area contributed by atoms with Crippen LogP contribution in [0.3, 0.4) is 0 Å². The van der Waals surface area contributed by atoms with E-state index in [0.717, 1.165) is 0 Å². The third kappa shape index (κ3) is 1.52. The highest BCUT2D eigenvalue weighted by atomic mass is 16.5. The second-order valence-electron chi connectivity index (χ2n) is 6.24. The SMILES string of the molecule is Nc1[nH]c2c(c1N)C(N)C(N)/C2=C1\c2oc(O)c(N)c2C(N)C1N. The molecule has 0 spiro atoms. The van der Waals surface area contributed by atoms with Gasteiger partial charge in [-0.25, -0.2) is 0 Å². The molecule has 10 nitrogen and oxygen atoms in total. The molecule has 0 amide bonds. The van der Waals surface area contributed by atoms with Crippen LogP contribution in [0.2, 0.25) is 0 Å². The molecule has 0 radical (unpaired) electrons. The zero-order valence-electron chi connectivity index (χ0n) is 12.7. The molecule has 0 fully saturated rings. The van der Waals surface area contributed by atoms with Gasteiger partial charge >= 0.3 is 5.95 Å². The first-order valence-corrected chi connectivity index (χ1v) is 7.40. The van der Waals surface area contributed by atoms with Gasteiger partial charge in [0, 0.05) is 22.3 Å². The number of furan rings is 1. The van der Waals surface area contributed by atoms with Crippen LogP contribution in [0, 0.1) is 0 Å². The van der Waals surface area contributed by atoms with Crippen molar-refractivity contribution >= 4 is 28.3 Å². The fraction of sp³-hybridized carbons (Fsp3) is 0.286. The fourth-order valence-corrected chi connectivity index (χ4v) is 3.74. The van der Waals surface area contributed by atoms with E-state index in [1.54, 1.807) is 0 Å². The molecule has 0 bridgehead atoms. The number of fused-ring (bicyclic) bond motifs is 2. The van der Waals surface area contributed by atoms with Crippen LogP contribution in [0.25, 0.3) is 11.1 Å². The summed E-state index contributed by atoms with van der Waals surface area (Å²) < 4.78 is 5.40. The number of hydrogen-bond acceptors (Lipinski definition) is 9. The minimum absolute atomic E-state index is 0.0742. The summed E-state index contributed by atoms with van der Waals surface area (Å²) in [4.78, 5) is 3.00. The van der Waals surface area contributed by atoms with Crippen LogP contribution in [0.4, 0.5) is 17.2 Å². The number of nitrogens with two attached hydrogens (primary N) is 7. The van der Waals surface area contributed by atoms with Crippen LogP contribution in [0.15, 0.2) is 4.42 Å². The molecule has 10 heteroatoms. The van der Waals surface area contributed by atoms with Crippen molar-refractivity contribution in [2.45, 2.75) is 24.2 Å². The molecule has 128 valence electrons. The average Bonchev–Trinajstić information content (AvgIpc) is 3.14.